The predicted molar refractivity (Wildman–Crippen MR) is 60.9 cm³/mol. The normalized spacial score (nSPS) is 17.4. The molecule has 1 aromatic carbocycles. The van der Waals surface area contributed by atoms with Crippen LogP contribution in [0.5, 0.6) is 0 Å². The van der Waals surface area contributed by atoms with Gasteiger partial charge in [0.25, 0.3) is 0 Å². The summed E-state index contributed by atoms with van der Waals surface area (Å²) in [5.74, 6) is 0.0717. The Hall–Kier alpha value is -1.35. The zero-order valence-corrected chi connectivity index (χ0v) is 9.13. The summed E-state index contributed by atoms with van der Waals surface area (Å²) in [5, 5.41) is 2.89. The minimum absolute atomic E-state index is 0.0717. The largest absolute Gasteiger partial charge is 0.330 e. The van der Waals surface area contributed by atoms with E-state index in [4.69, 9.17) is 5.73 Å². The van der Waals surface area contributed by atoms with Crippen LogP contribution in [-0.2, 0) is 16.6 Å². The number of hydrogen-bond acceptors (Lipinski definition) is 2. The van der Waals surface area contributed by atoms with Crippen LogP contribution in [0.2, 0.25) is 0 Å². The molecule has 0 bridgehead atoms. The number of amides is 1. The molecule has 0 fully saturated rings. The summed E-state index contributed by atoms with van der Waals surface area (Å²) in [6, 6.07) is 6.07. The molecule has 3 nitrogen and oxygen atoms in total. The molecule has 1 aliphatic heterocycles. The van der Waals surface area contributed by atoms with Gasteiger partial charge < -0.3 is 11.1 Å². The van der Waals surface area contributed by atoms with Crippen LogP contribution in [0, 0.1) is 0 Å². The minimum Gasteiger partial charge on any atom is -0.330 e. The Bertz CT molecular complexity index is 410. The second-order valence-corrected chi connectivity index (χ2v) is 4.50. The first-order valence-corrected chi connectivity index (χ1v) is 5.20. The number of hydrogen-bond donors (Lipinski definition) is 2. The molecule has 1 aliphatic rings. The van der Waals surface area contributed by atoms with Crippen LogP contribution in [0.15, 0.2) is 18.2 Å². The number of fused-ring (bicyclic) bond motifs is 1. The van der Waals surface area contributed by atoms with Crippen molar-refractivity contribution >= 4 is 11.6 Å². The Balaban J connectivity index is 2.45. The predicted octanol–water partition coefficient (Wildman–Crippen LogP) is 1.42. The summed E-state index contributed by atoms with van der Waals surface area (Å²) in [5.41, 5.74) is 8.31. The van der Waals surface area contributed by atoms with Crippen LogP contribution < -0.4 is 11.1 Å². The van der Waals surface area contributed by atoms with Gasteiger partial charge in [0.2, 0.25) is 5.91 Å². The molecule has 0 unspecified atom stereocenters. The molecular weight excluding hydrogens is 188 g/mol. The van der Waals surface area contributed by atoms with Gasteiger partial charge >= 0.3 is 0 Å². The van der Waals surface area contributed by atoms with Crippen molar-refractivity contribution in [2.24, 2.45) is 5.73 Å². The second kappa shape index (κ2) is 3.35. The summed E-state index contributed by atoms with van der Waals surface area (Å²) in [4.78, 5) is 11.7. The van der Waals surface area contributed by atoms with Gasteiger partial charge in [-0.25, -0.2) is 0 Å². The lowest BCUT2D eigenvalue weighted by Crippen LogP contribution is -2.26. The van der Waals surface area contributed by atoms with Crippen molar-refractivity contribution in [2.45, 2.75) is 25.7 Å². The average Bonchev–Trinajstić information content (AvgIpc) is 2.40. The van der Waals surface area contributed by atoms with Crippen molar-refractivity contribution in [2.75, 3.05) is 11.9 Å². The molecule has 0 radical (unpaired) electrons. The number of benzene rings is 1. The standard InChI is InChI=1S/C12H16N2O/c1-12(2)9-7-8(5-6-13)3-4-10(9)14-11(12)15/h3-4,7H,5-6,13H2,1-2H3,(H,14,15). The van der Waals surface area contributed by atoms with E-state index < -0.39 is 5.41 Å². The highest BCUT2D eigenvalue weighted by Gasteiger charge is 2.38. The maximum absolute atomic E-state index is 11.7. The first-order chi connectivity index (χ1) is 7.05. The van der Waals surface area contributed by atoms with Gasteiger partial charge in [-0.1, -0.05) is 12.1 Å². The van der Waals surface area contributed by atoms with E-state index >= 15 is 0 Å². The third-order valence-electron chi connectivity index (χ3n) is 3.01. The molecule has 0 atom stereocenters. The maximum Gasteiger partial charge on any atom is 0.234 e. The highest BCUT2D eigenvalue weighted by molar-refractivity contribution is 6.05. The van der Waals surface area contributed by atoms with E-state index in [9.17, 15) is 4.79 Å². The second-order valence-electron chi connectivity index (χ2n) is 4.50. The van der Waals surface area contributed by atoms with E-state index in [1.807, 2.05) is 26.0 Å². The zero-order chi connectivity index (χ0) is 11.1. The van der Waals surface area contributed by atoms with Gasteiger partial charge in [-0.05, 0) is 44.0 Å². The topological polar surface area (TPSA) is 55.1 Å². The van der Waals surface area contributed by atoms with E-state index in [2.05, 4.69) is 11.4 Å². The molecule has 3 heteroatoms. The molecule has 15 heavy (non-hydrogen) atoms. The highest BCUT2D eigenvalue weighted by atomic mass is 16.2. The fraction of sp³-hybridized carbons (Fsp3) is 0.417. The average molecular weight is 204 g/mol. The molecule has 0 aliphatic carbocycles. The van der Waals surface area contributed by atoms with Crippen molar-refractivity contribution in [1.82, 2.24) is 0 Å². The summed E-state index contributed by atoms with van der Waals surface area (Å²) < 4.78 is 0. The Labute approximate surface area is 89.7 Å². The maximum atomic E-state index is 11.7. The third-order valence-corrected chi connectivity index (χ3v) is 3.01. The highest BCUT2D eigenvalue weighted by Crippen LogP contribution is 2.37. The van der Waals surface area contributed by atoms with Crippen molar-refractivity contribution < 1.29 is 4.79 Å². The van der Waals surface area contributed by atoms with Crippen LogP contribution >= 0.6 is 0 Å². The molecule has 0 aromatic heterocycles. The Kier molecular flexibility index (Phi) is 2.27. The van der Waals surface area contributed by atoms with Crippen molar-refractivity contribution in [1.29, 1.82) is 0 Å². The van der Waals surface area contributed by atoms with Crippen LogP contribution in [0.4, 0.5) is 5.69 Å². The summed E-state index contributed by atoms with van der Waals surface area (Å²) in [7, 11) is 0. The lowest BCUT2D eigenvalue weighted by Gasteiger charge is -2.15. The molecule has 0 saturated carbocycles. The molecule has 3 N–H and O–H groups in total. The van der Waals surface area contributed by atoms with Gasteiger partial charge in [0.1, 0.15) is 0 Å². The Morgan fingerprint density at radius 2 is 2.13 bits per heavy atom. The van der Waals surface area contributed by atoms with Gasteiger partial charge in [0.05, 0.1) is 5.41 Å². The van der Waals surface area contributed by atoms with E-state index in [0.29, 0.717) is 6.54 Å². The van der Waals surface area contributed by atoms with Crippen molar-refractivity contribution in [3.8, 4) is 0 Å². The van der Waals surface area contributed by atoms with Crippen molar-refractivity contribution in [3.63, 3.8) is 0 Å². The van der Waals surface area contributed by atoms with E-state index in [-0.39, 0.29) is 5.91 Å². The van der Waals surface area contributed by atoms with Crippen molar-refractivity contribution in [3.05, 3.63) is 29.3 Å². The lowest BCUT2D eigenvalue weighted by atomic mass is 9.85. The molecule has 0 saturated heterocycles. The number of anilines is 1. The van der Waals surface area contributed by atoms with Gasteiger partial charge in [-0.2, -0.15) is 0 Å². The zero-order valence-electron chi connectivity index (χ0n) is 9.13. The smallest absolute Gasteiger partial charge is 0.234 e. The number of rotatable bonds is 2. The minimum atomic E-state index is -0.417. The molecular formula is C12H16N2O. The molecule has 1 amide bonds. The fourth-order valence-corrected chi connectivity index (χ4v) is 1.94. The van der Waals surface area contributed by atoms with E-state index in [1.165, 1.54) is 5.56 Å². The Morgan fingerprint density at radius 3 is 2.80 bits per heavy atom. The van der Waals surface area contributed by atoms with E-state index in [0.717, 1.165) is 17.7 Å². The molecule has 1 aromatic rings. The monoisotopic (exact) mass is 204 g/mol. The van der Waals surface area contributed by atoms with Gasteiger partial charge in [0, 0.05) is 5.69 Å². The van der Waals surface area contributed by atoms with Crippen LogP contribution in [0.3, 0.4) is 0 Å². The lowest BCUT2D eigenvalue weighted by molar-refractivity contribution is -0.119. The number of carbonyl (C=O) groups excluding carboxylic acids is 1. The number of nitrogens with two attached hydrogens (primary N) is 1. The van der Waals surface area contributed by atoms with Crippen LogP contribution in [0.25, 0.3) is 0 Å². The SMILES string of the molecule is CC1(C)C(=O)Nc2ccc(CCN)cc21. The van der Waals surface area contributed by atoms with Gasteiger partial charge in [0.15, 0.2) is 0 Å². The Morgan fingerprint density at radius 1 is 1.40 bits per heavy atom. The summed E-state index contributed by atoms with van der Waals surface area (Å²) >= 11 is 0. The summed E-state index contributed by atoms with van der Waals surface area (Å²) in [6.07, 6.45) is 0.859. The fourth-order valence-electron chi connectivity index (χ4n) is 1.94. The first kappa shape index (κ1) is 10.2. The van der Waals surface area contributed by atoms with E-state index in [1.54, 1.807) is 0 Å². The first-order valence-electron chi connectivity index (χ1n) is 5.20. The van der Waals surface area contributed by atoms with Gasteiger partial charge in [-0.15, -0.1) is 0 Å². The van der Waals surface area contributed by atoms with Crippen LogP contribution in [-0.4, -0.2) is 12.5 Å². The quantitative estimate of drug-likeness (QED) is 0.765. The summed E-state index contributed by atoms with van der Waals surface area (Å²) in [6.45, 7) is 4.53. The van der Waals surface area contributed by atoms with Gasteiger partial charge in [-0.3, -0.25) is 4.79 Å². The molecule has 1 heterocycles. The molecule has 80 valence electrons. The molecule has 2 rings (SSSR count). The third kappa shape index (κ3) is 1.53. The molecule has 0 spiro atoms. The number of carbonyl (C=O) groups is 1. The number of nitrogens with one attached hydrogen (secondary N) is 1. The van der Waals surface area contributed by atoms with Crippen LogP contribution in [0.1, 0.15) is 25.0 Å².